The van der Waals surface area contributed by atoms with Crippen LogP contribution < -0.4 is 9.62 Å². The summed E-state index contributed by atoms with van der Waals surface area (Å²) >= 11 is 6.30. The first kappa shape index (κ1) is 23.1. The summed E-state index contributed by atoms with van der Waals surface area (Å²) in [5.41, 5.74) is 1.77. The number of likely N-dealkylation sites (tertiary alicyclic amines) is 1. The molecule has 1 saturated heterocycles. The highest BCUT2D eigenvalue weighted by atomic mass is 35.5. The maximum atomic E-state index is 13.4. The molecular weight excluding hydrogens is 446 g/mol. The highest BCUT2D eigenvalue weighted by Gasteiger charge is 2.33. The van der Waals surface area contributed by atoms with Gasteiger partial charge in [0.1, 0.15) is 4.90 Å². The zero-order chi connectivity index (χ0) is 22.9. The third-order valence-corrected chi connectivity index (χ3v) is 8.79. The van der Waals surface area contributed by atoms with Gasteiger partial charge >= 0.3 is 0 Å². The Morgan fingerprint density at radius 3 is 2.53 bits per heavy atom. The van der Waals surface area contributed by atoms with Crippen molar-refractivity contribution in [3.63, 3.8) is 0 Å². The molecule has 6 nitrogen and oxygen atoms in total. The van der Waals surface area contributed by atoms with E-state index in [1.54, 1.807) is 12.1 Å². The third-order valence-electron chi connectivity index (χ3n) is 6.50. The lowest BCUT2D eigenvalue weighted by Gasteiger charge is -2.41. The lowest BCUT2D eigenvalue weighted by molar-refractivity contribution is 0.0797. The number of fused-ring (bicyclic) bond motifs is 1. The van der Waals surface area contributed by atoms with Gasteiger partial charge < -0.3 is 5.32 Å². The number of anilines is 1. The molecule has 8 heteroatoms. The van der Waals surface area contributed by atoms with Crippen molar-refractivity contribution in [2.75, 3.05) is 30.5 Å². The average Bonchev–Trinajstić information content (AvgIpc) is 3.23. The van der Waals surface area contributed by atoms with Crippen LogP contribution in [0.2, 0.25) is 5.02 Å². The number of nitrogens with zero attached hydrogens (tertiary/aromatic N) is 2. The van der Waals surface area contributed by atoms with Crippen LogP contribution in [0.1, 0.15) is 49.0 Å². The monoisotopic (exact) mass is 475 g/mol. The minimum absolute atomic E-state index is 0.0428. The van der Waals surface area contributed by atoms with Crippen LogP contribution in [0.5, 0.6) is 0 Å². The first-order valence-electron chi connectivity index (χ1n) is 11.1. The fourth-order valence-electron chi connectivity index (χ4n) is 4.53. The normalized spacial score (nSPS) is 17.3. The second kappa shape index (κ2) is 9.04. The van der Waals surface area contributed by atoms with E-state index < -0.39 is 10.0 Å². The SMILES string of the molecule is CC(C)(CNC(=O)c1ccc(Cl)c(S(=O)(=O)N2CCc3ccccc32)c1)N1CCCCC1. The minimum atomic E-state index is -3.89. The van der Waals surface area contributed by atoms with Crippen molar-refractivity contribution in [2.45, 2.75) is 50.0 Å². The number of para-hydroxylation sites is 1. The summed E-state index contributed by atoms with van der Waals surface area (Å²) in [5, 5.41) is 3.10. The van der Waals surface area contributed by atoms with Crippen molar-refractivity contribution >= 4 is 33.2 Å². The third kappa shape index (κ3) is 4.51. The van der Waals surface area contributed by atoms with Crippen LogP contribution >= 0.6 is 11.6 Å². The van der Waals surface area contributed by atoms with Crippen LogP contribution in [0, 0.1) is 0 Å². The molecule has 0 saturated carbocycles. The molecule has 4 rings (SSSR count). The van der Waals surface area contributed by atoms with E-state index in [0.717, 1.165) is 18.7 Å². The standard InChI is InChI=1S/C24H30ClN3O3S/c1-24(2,27-13-6-3-7-14-27)17-26-23(29)19-10-11-20(25)22(16-19)32(30,31)28-15-12-18-8-4-5-9-21(18)28/h4-5,8-11,16H,3,6-7,12-15,17H2,1-2H3,(H,26,29). The Hall–Kier alpha value is -2.09. The molecule has 0 unspecified atom stereocenters. The Morgan fingerprint density at radius 2 is 1.78 bits per heavy atom. The summed E-state index contributed by atoms with van der Waals surface area (Å²) in [6.07, 6.45) is 4.26. The lowest BCUT2D eigenvalue weighted by atomic mass is 9.98. The quantitative estimate of drug-likeness (QED) is 0.683. The lowest BCUT2D eigenvalue weighted by Crippen LogP contribution is -2.53. The molecule has 0 atom stereocenters. The number of hydrogen-bond acceptors (Lipinski definition) is 4. The van der Waals surface area contributed by atoms with Crippen LogP contribution in [0.15, 0.2) is 47.4 Å². The van der Waals surface area contributed by atoms with E-state index in [1.165, 1.54) is 35.7 Å². The highest BCUT2D eigenvalue weighted by molar-refractivity contribution is 7.93. The number of carbonyl (C=O) groups excluding carboxylic acids is 1. The van der Waals surface area contributed by atoms with Crippen LogP contribution in [-0.4, -0.2) is 50.9 Å². The molecule has 0 aliphatic carbocycles. The van der Waals surface area contributed by atoms with E-state index in [4.69, 9.17) is 11.6 Å². The zero-order valence-corrected chi connectivity index (χ0v) is 20.2. The van der Waals surface area contributed by atoms with Crippen molar-refractivity contribution in [3.05, 3.63) is 58.6 Å². The number of nitrogens with one attached hydrogen (secondary N) is 1. The highest BCUT2D eigenvalue weighted by Crippen LogP contribution is 2.35. The van der Waals surface area contributed by atoms with E-state index >= 15 is 0 Å². The summed E-state index contributed by atoms with van der Waals surface area (Å²) in [6, 6.07) is 11.9. The van der Waals surface area contributed by atoms with E-state index in [-0.39, 0.29) is 26.9 Å². The van der Waals surface area contributed by atoms with Gasteiger partial charge in [-0.05, 0) is 76.0 Å². The summed E-state index contributed by atoms with van der Waals surface area (Å²) in [7, 11) is -3.89. The van der Waals surface area contributed by atoms with E-state index in [0.29, 0.717) is 25.2 Å². The number of piperidine rings is 1. The second-order valence-electron chi connectivity index (χ2n) is 9.14. The first-order valence-corrected chi connectivity index (χ1v) is 13.0. The Kier molecular flexibility index (Phi) is 6.52. The molecule has 2 aromatic carbocycles. The molecule has 1 fully saturated rings. The molecule has 2 heterocycles. The number of hydrogen-bond donors (Lipinski definition) is 1. The van der Waals surface area contributed by atoms with Crippen LogP contribution in [0.3, 0.4) is 0 Å². The van der Waals surface area contributed by atoms with Gasteiger partial charge in [-0.1, -0.05) is 36.2 Å². The van der Waals surface area contributed by atoms with Gasteiger partial charge in [0.05, 0.1) is 10.7 Å². The van der Waals surface area contributed by atoms with Crippen molar-refractivity contribution in [1.82, 2.24) is 10.2 Å². The van der Waals surface area contributed by atoms with Gasteiger partial charge in [-0.15, -0.1) is 0 Å². The Labute approximate surface area is 195 Å². The molecule has 2 aliphatic heterocycles. The fourth-order valence-corrected chi connectivity index (χ4v) is 6.53. The Bertz CT molecular complexity index is 1110. The molecular formula is C24H30ClN3O3S. The van der Waals surface area contributed by atoms with Gasteiger partial charge in [-0.2, -0.15) is 0 Å². The molecule has 0 aromatic heterocycles. The van der Waals surface area contributed by atoms with Gasteiger partial charge in [0, 0.05) is 24.2 Å². The first-order chi connectivity index (χ1) is 15.2. The van der Waals surface area contributed by atoms with Gasteiger partial charge in [-0.25, -0.2) is 8.42 Å². The molecule has 2 aliphatic rings. The predicted octanol–water partition coefficient (Wildman–Crippen LogP) is 4.09. The second-order valence-corrected chi connectivity index (χ2v) is 11.4. The summed E-state index contributed by atoms with van der Waals surface area (Å²) < 4.78 is 28.2. The number of rotatable bonds is 6. The van der Waals surface area contributed by atoms with Crippen molar-refractivity contribution in [1.29, 1.82) is 0 Å². The number of halogens is 1. The molecule has 172 valence electrons. The summed E-state index contributed by atoms with van der Waals surface area (Å²) in [4.78, 5) is 15.3. The molecule has 1 amide bonds. The van der Waals surface area contributed by atoms with Crippen molar-refractivity contribution in [3.8, 4) is 0 Å². The Morgan fingerprint density at radius 1 is 1.06 bits per heavy atom. The maximum absolute atomic E-state index is 13.4. The Balaban J connectivity index is 1.53. The molecule has 0 bridgehead atoms. The van der Waals surface area contributed by atoms with E-state index in [2.05, 4.69) is 24.1 Å². The van der Waals surface area contributed by atoms with Gasteiger partial charge in [-0.3, -0.25) is 14.0 Å². The van der Waals surface area contributed by atoms with Crippen molar-refractivity contribution < 1.29 is 13.2 Å². The smallest absolute Gasteiger partial charge is 0.265 e. The fraction of sp³-hybridized carbons (Fsp3) is 0.458. The predicted molar refractivity (Wildman–Crippen MR) is 128 cm³/mol. The number of sulfonamides is 1. The average molecular weight is 476 g/mol. The maximum Gasteiger partial charge on any atom is 0.265 e. The van der Waals surface area contributed by atoms with Crippen LogP contribution in [0.25, 0.3) is 0 Å². The van der Waals surface area contributed by atoms with Crippen LogP contribution in [0.4, 0.5) is 5.69 Å². The molecule has 2 aromatic rings. The largest absolute Gasteiger partial charge is 0.350 e. The van der Waals surface area contributed by atoms with E-state index in [1.807, 2.05) is 18.2 Å². The molecule has 1 N–H and O–H groups in total. The zero-order valence-electron chi connectivity index (χ0n) is 18.6. The molecule has 0 radical (unpaired) electrons. The van der Waals surface area contributed by atoms with Crippen molar-refractivity contribution in [2.24, 2.45) is 0 Å². The van der Waals surface area contributed by atoms with E-state index in [9.17, 15) is 13.2 Å². The van der Waals surface area contributed by atoms with Crippen LogP contribution in [-0.2, 0) is 16.4 Å². The molecule has 0 spiro atoms. The molecule has 32 heavy (non-hydrogen) atoms. The number of carbonyl (C=O) groups is 1. The summed E-state index contributed by atoms with van der Waals surface area (Å²) in [5.74, 6) is -0.301. The number of amides is 1. The van der Waals surface area contributed by atoms with Gasteiger partial charge in [0.15, 0.2) is 0 Å². The van der Waals surface area contributed by atoms with Gasteiger partial charge in [0.2, 0.25) is 0 Å². The summed E-state index contributed by atoms with van der Waals surface area (Å²) in [6.45, 7) is 7.16. The minimum Gasteiger partial charge on any atom is -0.350 e. The number of benzene rings is 2. The topological polar surface area (TPSA) is 69.7 Å². The van der Waals surface area contributed by atoms with Gasteiger partial charge in [0.25, 0.3) is 15.9 Å².